The lowest BCUT2D eigenvalue weighted by atomic mass is 10.1. The van der Waals surface area contributed by atoms with E-state index >= 15 is 0 Å². The summed E-state index contributed by atoms with van der Waals surface area (Å²) in [4.78, 5) is 0. The fraction of sp³-hybridized carbons (Fsp3) is 0.176. The molecule has 0 spiro atoms. The first-order valence-electron chi connectivity index (χ1n) is 6.73. The van der Waals surface area contributed by atoms with Crippen LogP contribution in [0.15, 0.2) is 54.7 Å². The van der Waals surface area contributed by atoms with Crippen molar-refractivity contribution >= 4 is 16.6 Å². The number of hydrogen-bond donors (Lipinski definition) is 1. The molecule has 102 valence electrons. The van der Waals surface area contributed by atoms with Crippen LogP contribution in [-0.4, -0.2) is 11.7 Å². The van der Waals surface area contributed by atoms with Gasteiger partial charge in [0, 0.05) is 29.3 Å². The number of rotatable bonds is 4. The highest BCUT2D eigenvalue weighted by Gasteiger charge is 2.02. The van der Waals surface area contributed by atoms with Crippen LogP contribution in [-0.2, 0) is 13.0 Å². The van der Waals surface area contributed by atoms with E-state index in [1.54, 1.807) is 7.11 Å². The molecule has 20 heavy (non-hydrogen) atoms. The molecule has 2 N–H and O–H groups in total. The molecule has 0 bridgehead atoms. The van der Waals surface area contributed by atoms with Gasteiger partial charge in [-0.1, -0.05) is 12.1 Å². The molecule has 3 nitrogen and oxygen atoms in total. The van der Waals surface area contributed by atoms with Crippen molar-refractivity contribution in [3.63, 3.8) is 0 Å². The van der Waals surface area contributed by atoms with Crippen LogP contribution >= 0.6 is 0 Å². The molecule has 0 atom stereocenters. The molecule has 0 aliphatic rings. The molecule has 3 rings (SSSR count). The zero-order chi connectivity index (χ0) is 13.9. The second-order valence-electron chi connectivity index (χ2n) is 4.93. The van der Waals surface area contributed by atoms with E-state index in [0.717, 1.165) is 24.4 Å². The van der Waals surface area contributed by atoms with Gasteiger partial charge in [0.25, 0.3) is 0 Å². The Morgan fingerprint density at radius 3 is 2.60 bits per heavy atom. The average Bonchev–Trinajstić information content (AvgIpc) is 2.88. The first-order chi connectivity index (χ1) is 9.76. The third kappa shape index (κ3) is 2.48. The van der Waals surface area contributed by atoms with Crippen LogP contribution in [0.3, 0.4) is 0 Å². The number of methoxy groups -OCH3 is 1. The molecule has 0 fully saturated rings. The van der Waals surface area contributed by atoms with Gasteiger partial charge in [-0.05, 0) is 48.4 Å². The van der Waals surface area contributed by atoms with E-state index in [1.165, 1.54) is 16.5 Å². The normalized spacial score (nSPS) is 10.8. The predicted octanol–water partition coefficient (Wildman–Crippen LogP) is 3.47. The predicted molar refractivity (Wildman–Crippen MR) is 83.0 cm³/mol. The van der Waals surface area contributed by atoms with E-state index in [0.29, 0.717) is 0 Å². The quantitative estimate of drug-likeness (QED) is 0.734. The molecule has 2 aromatic carbocycles. The number of aryl methyl sites for hydroxylation is 2. The zero-order valence-corrected chi connectivity index (χ0v) is 11.5. The van der Waals surface area contributed by atoms with Gasteiger partial charge in [-0.25, -0.2) is 0 Å². The topological polar surface area (TPSA) is 40.2 Å². The highest BCUT2D eigenvalue weighted by molar-refractivity contribution is 5.83. The Hall–Kier alpha value is -2.42. The Morgan fingerprint density at radius 2 is 1.85 bits per heavy atom. The fourth-order valence-corrected chi connectivity index (χ4v) is 2.46. The third-order valence-electron chi connectivity index (χ3n) is 3.60. The van der Waals surface area contributed by atoms with Crippen molar-refractivity contribution in [2.75, 3.05) is 12.8 Å². The van der Waals surface area contributed by atoms with Gasteiger partial charge in [-0.3, -0.25) is 0 Å². The Kier molecular flexibility index (Phi) is 3.33. The van der Waals surface area contributed by atoms with Crippen LogP contribution in [0.4, 0.5) is 5.69 Å². The molecule has 0 saturated carbocycles. The maximum Gasteiger partial charge on any atom is 0.118 e. The van der Waals surface area contributed by atoms with Crippen molar-refractivity contribution in [2.24, 2.45) is 0 Å². The second kappa shape index (κ2) is 5.29. The van der Waals surface area contributed by atoms with Gasteiger partial charge >= 0.3 is 0 Å². The van der Waals surface area contributed by atoms with E-state index < -0.39 is 0 Å². The number of anilines is 1. The average molecular weight is 266 g/mol. The molecule has 0 saturated heterocycles. The number of benzene rings is 2. The van der Waals surface area contributed by atoms with Crippen molar-refractivity contribution in [2.45, 2.75) is 13.0 Å². The molecule has 0 aliphatic carbocycles. The summed E-state index contributed by atoms with van der Waals surface area (Å²) >= 11 is 0. The summed E-state index contributed by atoms with van der Waals surface area (Å²) in [5.41, 5.74) is 9.15. The van der Waals surface area contributed by atoms with Crippen LogP contribution in [0.2, 0.25) is 0 Å². The number of nitrogens with zero attached hydrogens (tertiary/aromatic N) is 1. The minimum atomic E-state index is 0.811. The lowest BCUT2D eigenvalue weighted by molar-refractivity contribution is 0.414. The Balaban J connectivity index is 1.76. The van der Waals surface area contributed by atoms with E-state index in [-0.39, 0.29) is 0 Å². The van der Waals surface area contributed by atoms with Crippen LogP contribution in [0.5, 0.6) is 5.75 Å². The maximum absolute atomic E-state index is 5.80. The van der Waals surface area contributed by atoms with E-state index in [1.807, 2.05) is 24.3 Å². The highest BCUT2D eigenvalue weighted by Crippen LogP contribution is 2.19. The Morgan fingerprint density at radius 1 is 1.05 bits per heavy atom. The van der Waals surface area contributed by atoms with Gasteiger partial charge in [-0.15, -0.1) is 0 Å². The van der Waals surface area contributed by atoms with E-state index in [9.17, 15) is 0 Å². The Labute approximate surface area is 118 Å². The third-order valence-corrected chi connectivity index (χ3v) is 3.60. The van der Waals surface area contributed by atoms with Crippen LogP contribution in [0.1, 0.15) is 5.56 Å². The molecule has 3 heteroatoms. The van der Waals surface area contributed by atoms with Crippen LogP contribution < -0.4 is 10.5 Å². The molecule has 0 amide bonds. The van der Waals surface area contributed by atoms with Crippen molar-refractivity contribution < 1.29 is 4.74 Å². The van der Waals surface area contributed by atoms with Crippen LogP contribution in [0.25, 0.3) is 10.9 Å². The van der Waals surface area contributed by atoms with Gasteiger partial charge < -0.3 is 15.0 Å². The van der Waals surface area contributed by atoms with Gasteiger partial charge in [0.1, 0.15) is 5.75 Å². The maximum atomic E-state index is 5.80. The van der Waals surface area contributed by atoms with Crippen molar-refractivity contribution in [1.29, 1.82) is 0 Å². The number of ether oxygens (including phenoxy) is 1. The number of hydrogen-bond acceptors (Lipinski definition) is 2. The van der Waals surface area contributed by atoms with Crippen molar-refractivity contribution in [3.05, 3.63) is 60.3 Å². The number of aromatic nitrogens is 1. The molecule has 1 aromatic heterocycles. The first-order valence-corrected chi connectivity index (χ1v) is 6.73. The van der Waals surface area contributed by atoms with Gasteiger partial charge in [0.15, 0.2) is 0 Å². The summed E-state index contributed by atoms with van der Waals surface area (Å²) < 4.78 is 7.43. The van der Waals surface area contributed by atoms with Gasteiger partial charge in [0.05, 0.1) is 7.11 Å². The first kappa shape index (κ1) is 12.6. The van der Waals surface area contributed by atoms with E-state index in [4.69, 9.17) is 10.5 Å². The zero-order valence-electron chi connectivity index (χ0n) is 11.5. The smallest absolute Gasteiger partial charge is 0.118 e. The van der Waals surface area contributed by atoms with Crippen molar-refractivity contribution in [3.8, 4) is 5.75 Å². The number of fused-ring (bicyclic) bond motifs is 1. The number of nitrogens with two attached hydrogens (primary N) is 1. The summed E-state index contributed by atoms with van der Waals surface area (Å²) in [6.45, 7) is 0.958. The molecular weight excluding hydrogens is 248 g/mol. The molecule has 3 aromatic rings. The molecular formula is C17H18N2O. The fourth-order valence-electron chi connectivity index (χ4n) is 2.46. The number of nitrogen functional groups attached to an aromatic ring is 1. The minimum absolute atomic E-state index is 0.811. The Bertz CT molecular complexity index is 713. The minimum Gasteiger partial charge on any atom is -0.497 e. The van der Waals surface area contributed by atoms with Crippen LogP contribution in [0, 0.1) is 0 Å². The van der Waals surface area contributed by atoms with Gasteiger partial charge in [-0.2, -0.15) is 0 Å². The summed E-state index contributed by atoms with van der Waals surface area (Å²) in [6.07, 6.45) is 3.12. The monoisotopic (exact) mass is 266 g/mol. The second-order valence-corrected chi connectivity index (χ2v) is 4.93. The highest BCUT2D eigenvalue weighted by atomic mass is 16.5. The summed E-state index contributed by atoms with van der Waals surface area (Å²) in [6, 6.07) is 16.4. The van der Waals surface area contributed by atoms with Gasteiger partial charge in [0.2, 0.25) is 0 Å². The SMILES string of the molecule is COc1ccc(CCn2ccc3cc(N)ccc32)cc1. The lowest BCUT2D eigenvalue weighted by Crippen LogP contribution is -1.99. The lowest BCUT2D eigenvalue weighted by Gasteiger charge is -2.07. The molecule has 0 aliphatic heterocycles. The van der Waals surface area contributed by atoms with E-state index in [2.05, 4.69) is 35.0 Å². The summed E-state index contributed by atoms with van der Waals surface area (Å²) in [5.74, 6) is 0.899. The summed E-state index contributed by atoms with van der Waals surface area (Å²) in [7, 11) is 1.69. The molecule has 1 heterocycles. The molecule has 0 unspecified atom stereocenters. The molecule has 0 radical (unpaired) electrons. The standard InChI is InChI=1S/C17H18N2O/c1-20-16-5-2-13(3-6-16)8-10-19-11-9-14-12-15(18)4-7-17(14)19/h2-7,9,11-12H,8,10,18H2,1H3. The van der Waals surface area contributed by atoms with Crippen molar-refractivity contribution in [1.82, 2.24) is 4.57 Å². The summed E-state index contributed by atoms with van der Waals surface area (Å²) in [5, 5.41) is 1.19. The largest absolute Gasteiger partial charge is 0.497 e.